The molecule has 14 nitrogen and oxygen atoms in total. The average Bonchev–Trinajstić information content (AvgIpc) is 4.04. The van der Waals surface area contributed by atoms with Crippen molar-refractivity contribution in [1.82, 2.24) is 25.2 Å². The van der Waals surface area contributed by atoms with Gasteiger partial charge in [-0.15, -0.1) is 0 Å². The van der Waals surface area contributed by atoms with Gasteiger partial charge < -0.3 is 29.7 Å². The van der Waals surface area contributed by atoms with Crippen molar-refractivity contribution in [2.24, 2.45) is 17.8 Å². The molecule has 1 saturated heterocycles. The van der Waals surface area contributed by atoms with Crippen LogP contribution in [0.4, 0.5) is 13.6 Å². The maximum Gasteiger partial charge on any atom is 0.408 e. The maximum atomic E-state index is 14.9. The second-order valence-corrected chi connectivity index (χ2v) is 20.3. The minimum Gasteiger partial charge on any atom is -0.493 e. The summed E-state index contributed by atoms with van der Waals surface area (Å²) in [6.45, 7) is 8.53. The molecule has 2 aliphatic carbocycles. The molecule has 322 valence electrons. The summed E-state index contributed by atoms with van der Waals surface area (Å²) in [5.41, 5.74) is -2.76. The van der Waals surface area contributed by atoms with Crippen LogP contribution in [0.5, 0.6) is 11.6 Å². The number of alkyl carbamates (subject to hydrolysis) is 1. The van der Waals surface area contributed by atoms with Crippen molar-refractivity contribution >= 4 is 44.6 Å². The number of hydrogen-bond donors (Lipinski definition) is 3. The summed E-state index contributed by atoms with van der Waals surface area (Å²) >= 11 is 0. The van der Waals surface area contributed by atoms with Gasteiger partial charge in [0.2, 0.25) is 27.7 Å². The zero-order valence-corrected chi connectivity index (χ0v) is 35.3. The molecular formula is C42H55F2N5O9S. The molecule has 5 aliphatic rings. The molecule has 2 saturated carbocycles. The number of halogens is 2. The summed E-state index contributed by atoms with van der Waals surface area (Å²) in [5, 5.41) is 6.89. The van der Waals surface area contributed by atoms with E-state index in [9.17, 15) is 36.4 Å². The predicted octanol–water partition coefficient (Wildman–Crippen LogP) is 5.32. The van der Waals surface area contributed by atoms with Crippen LogP contribution < -0.4 is 24.8 Å². The molecule has 0 bridgehead atoms. The number of alkyl halides is 2. The maximum absolute atomic E-state index is 14.9. The minimum absolute atomic E-state index is 0.0263. The molecule has 1 aromatic carbocycles. The lowest BCUT2D eigenvalue weighted by molar-refractivity contribution is -0.152. The predicted molar refractivity (Wildman–Crippen MR) is 213 cm³/mol. The Morgan fingerprint density at radius 1 is 1.08 bits per heavy atom. The summed E-state index contributed by atoms with van der Waals surface area (Å²) in [7, 11) is -4.05. The lowest BCUT2D eigenvalue weighted by atomic mass is 9.88. The molecular weight excluding hydrogens is 789 g/mol. The van der Waals surface area contributed by atoms with E-state index in [2.05, 4.69) is 20.3 Å². The number of sulfonamides is 1. The van der Waals surface area contributed by atoms with Gasteiger partial charge in [-0.25, -0.2) is 27.0 Å². The number of ether oxygens (including phenoxy) is 3. The van der Waals surface area contributed by atoms with E-state index in [-0.39, 0.29) is 31.2 Å². The second kappa shape index (κ2) is 15.5. The Bertz CT molecular complexity index is 2160. The van der Waals surface area contributed by atoms with E-state index in [1.165, 1.54) is 4.90 Å². The molecule has 4 amide bonds. The van der Waals surface area contributed by atoms with Crippen molar-refractivity contribution in [3.63, 3.8) is 0 Å². The average molecular weight is 844 g/mol. The molecule has 0 spiro atoms. The van der Waals surface area contributed by atoms with E-state index in [4.69, 9.17) is 14.2 Å². The third kappa shape index (κ3) is 8.45. The van der Waals surface area contributed by atoms with Crippen LogP contribution in [-0.2, 0) is 35.6 Å². The first-order chi connectivity index (χ1) is 27.6. The first-order valence-electron chi connectivity index (χ1n) is 20.6. The SMILES string of the molecule is CC1CCC=CC2CC2(C(=O)NS(=O)(=O)C2(C)CC2)NC(=O)C2CC(Oc3nccc4c5c(ccc34)CCCO5)CN2C(=O)C(NC(=O)OC(C)(C)C(C)(F)F)C(C)C1. The number of carbonyl (C=O) groups is 4. The summed E-state index contributed by atoms with van der Waals surface area (Å²) in [6, 6.07) is 3.13. The largest absolute Gasteiger partial charge is 0.493 e. The van der Waals surface area contributed by atoms with Crippen LogP contribution in [0.3, 0.4) is 0 Å². The number of allylic oxidation sites excluding steroid dienone is 1. The van der Waals surface area contributed by atoms with Gasteiger partial charge in [-0.3, -0.25) is 19.1 Å². The highest BCUT2D eigenvalue weighted by Gasteiger charge is 2.63. The Hall–Kier alpha value is -4.54. The first kappa shape index (κ1) is 42.6. The van der Waals surface area contributed by atoms with Crippen LogP contribution in [0.15, 0.2) is 36.5 Å². The number of hydrogen-bond acceptors (Lipinski definition) is 10. The van der Waals surface area contributed by atoms with Gasteiger partial charge in [0.05, 0.1) is 17.9 Å². The molecule has 7 atom stereocenters. The Balaban J connectivity index is 1.23. The number of rotatable bonds is 8. The number of nitrogens with one attached hydrogen (secondary N) is 3. The molecule has 3 fully saturated rings. The summed E-state index contributed by atoms with van der Waals surface area (Å²) in [5.74, 6) is -5.69. The zero-order chi connectivity index (χ0) is 42.7. The van der Waals surface area contributed by atoms with Gasteiger partial charge in [-0.05, 0) is 102 Å². The summed E-state index contributed by atoms with van der Waals surface area (Å²) in [4.78, 5) is 62.6. The number of benzene rings is 1. The van der Waals surface area contributed by atoms with Gasteiger partial charge >= 0.3 is 6.09 Å². The van der Waals surface area contributed by atoms with E-state index in [1.807, 2.05) is 37.3 Å². The Morgan fingerprint density at radius 2 is 1.83 bits per heavy atom. The molecule has 2 aromatic rings. The molecule has 17 heteroatoms. The van der Waals surface area contributed by atoms with Crippen LogP contribution in [0.25, 0.3) is 10.8 Å². The number of fused-ring (bicyclic) bond motifs is 5. The van der Waals surface area contributed by atoms with Crippen LogP contribution >= 0.6 is 0 Å². The Kier molecular flexibility index (Phi) is 11.2. The molecule has 7 rings (SSSR count). The highest BCUT2D eigenvalue weighted by atomic mass is 32.2. The zero-order valence-electron chi connectivity index (χ0n) is 34.4. The highest BCUT2D eigenvalue weighted by molar-refractivity contribution is 7.91. The van der Waals surface area contributed by atoms with Gasteiger partial charge in [-0.1, -0.05) is 32.1 Å². The van der Waals surface area contributed by atoms with Crippen LogP contribution in [0, 0.1) is 17.8 Å². The van der Waals surface area contributed by atoms with Gasteiger partial charge in [-0.2, -0.15) is 0 Å². The Morgan fingerprint density at radius 3 is 2.54 bits per heavy atom. The molecule has 4 heterocycles. The fourth-order valence-corrected chi connectivity index (χ4v) is 9.69. The van der Waals surface area contributed by atoms with Crippen molar-refractivity contribution in [3.05, 3.63) is 42.1 Å². The second-order valence-electron chi connectivity index (χ2n) is 18.1. The number of aromatic nitrogens is 1. The molecule has 3 aliphatic heterocycles. The van der Waals surface area contributed by atoms with E-state index >= 15 is 0 Å². The fraction of sp³-hybridized carbons (Fsp3) is 0.643. The molecule has 7 unspecified atom stereocenters. The number of aryl methyl sites for hydroxylation is 1. The quantitative estimate of drug-likeness (QED) is 0.294. The third-order valence-electron chi connectivity index (χ3n) is 13.0. The standard InChI is InChI=1S/C42H55F2N5O9S/c1-24-10-7-8-12-27-22-42(27,37(52)48-59(54,55)40(5)16-17-40)47-34(50)31-21-28(57-35-30-14-13-26-11-9-19-56-33(26)29(30)15-18-45-35)23-49(31)36(51)32(25(2)20-24)46-38(53)58-39(3,4)41(6,43)44/h8,12-15,18,24-25,27-28,31-32H,7,9-11,16-17,19-23H2,1-6H3,(H,46,53)(H,47,50)(H,48,52). The van der Waals surface area contributed by atoms with Gasteiger partial charge in [0.1, 0.15) is 29.5 Å². The molecule has 59 heavy (non-hydrogen) atoms. The van der Waals surface area contributed by atoms with Gasteiger partial charge in [0.25, 0.3) is 11.8 Å². The van der Waals surface area contributed by atoms with E-state index in [0.29, 0.717) is 51.0 Å². The van der Waals surface area contributed by atoms with Crippen molar-refractivity contribution in [2.45, 2.75) is 139 Å². The van der Waals surface area contributed by atoms with Crippen molar-refractivity contribution in [2.75, 3.05) is 13.2 Å². The van der Waals surface area contributed by atoms with Gasteiger partial charge in [0, 0.05) is 36.2 Å². The van der Waals surface area contributed by atoms with Gasteiger partial charge in [0.15, 0.2) is 5.60 Å². The van der Waals surface area contributed by atoms with E-state index < -0.39 is 85.7 Å². The van der Waals surface area contributed by atoms with Crippen LogP contribution in [0.1, 0.15) is 98.5 Å². The Labute approximate surface area is 343 Å². The van der Waals surface area contributed by atoms with Crippen molar-refractivity contribution in [3.8, 4) is 11.6 Å². The lowest BCUT2D eigenvalue weighted by Crippen LogP contribution is -2.59. The molecule has 0 radical (unpaired) electrons. The third-order valence-corrected chi connectivity index (χ3v) is 15.1. The number of nitrogens with zero attached hydrogens (tertiary/aromatic N) is 2. The first-order valence-corrected chi connectivity index (χ1v) is 22.1. The van der Waals surface area contributed by atoms with E-state index in [1.54, 1.807) is 20.0 Å². The van der Waals surface area contributed by atoms with Crippen LogP contribution in [0.2, 0.25) is 0 Å². The molecule has 3 N–H and O–H groups in total. The summed E-state index contributed by atoms with van der Waals surface area (Å²) in [6.07, 6.45) is 7.63. The number of amides is 4. The van der Waals surface area contributed by atoms with Crippen LogP contribution in [-0.4, -0.2) is 95.3 Å². The lowest BCUT2D eigenvalue weighted by Gasteiger charge is -2.35. The highest BCUT2D eigenvalue weighted by Crippen LogP contribution is 2.48. The topological polar surface area (TPSA) is 182 Å². The minimum atomic E-state index is -4.05. The normalized spacial score (nSPS) is 29.7. The van der Waals surface area contributed by atoms with Crippen molar-refractivity contribution < 1.29 is 50.6 Å². The summed E-state index contributed by atoms with van der Waals surface area (Å²) < 4.78 is 74.2. The number of carbonyl (C=O) groups excluding carboxylic acids is 4. The number of pyridine rings is 1. The van der Waals surface area contributed by atoms with E-state index in [0.717, 1.165) is 43.4 Å². The fourth-order valence-electron chi connectivity index (χ4n) is 8.38. The molecule has 1 aromatic heterocycles. The van der Waals surface area contributed by atoms with Crippen molar-refractivity contribution in [1.29, 1.82) is 0 Å². The monoisotopic (exact) mass is 843 g/mol. The smallest absolute Gasteiger partial charge is 0.408 e.